The topological polar surface area (TPSA) is 91.3 Å². The summed E-state index contributed by atoms with van der Waals surface area (Å²) in [5, 5.41) is 10.3. The predicted octanol–water partition coefficient (Wildman–Crippen LogP) is 2.71. The van der Waals surface area contributed by atoms with E-state index in [1.54, 1.807) is 4.90 Å². The van der Waals surface area contributed by atoms with Gasteiger partial charge in [-0.15, -0.1) is 0 Å². The van der Waals surface area contributed by atoms with E-state index in [9.17, 15) is 14.7 Å². The molecule has 0 saturated carbocycles. The largest absolute Gasteiger partial charge is 0.503 e. The SMILES string of the molecule is CONc1c(O)c(OC)cc(Cl)c1C(=O)N(C)C(=O)N1CCCCC1. The molecule has 1 aromatic carbocycles. The standard InChI is InChI=1S/C16H22ClN3O5/c1-19(16(23)20-7-5-4-6-8-20)15(22)12-10(17)9-11(24-2)14(21)13(12)18-25-3/h9,18,21H,4-8H2,1-3H3. The van der Waals surface area contributed by atoms with E-state index in [0.29, 0.717) is 13.1 Å². The van der Waals surface area contributed by atoms with Gasteiger partial charge in [0.15, 0.2) is 11.5 Å². The summed E-state index contributed by atoms with van der Waals surface area (Å²) >= 11 is 6.19. The van der Waals surface area contributed by atoms with E-state index >= 15 is 0 Å². The van der Waals surface area contributed by atoms with E-state index in [4.69, 9.17) is 21.2 Å². The molecular formula is C16H22ClN3O5. The Hall–Kier alpha value is -2.19. The highest BCUT2D eigenvalue weighted by Crippen LogP contribution is 2.41. The van der Waals surface area contributed by atoms with Crippen LogP contribution in [-0.2, 0) is 4.84 Å². The molecule has 0 bridgehead atoms. The van der Waals surface area contributed by atoms with Crippen LogP contribution in [0.25, 0.3) is 0 Å². The molecule has 1 fully saturated rings. The molecule has 0 radical (unpaired) electrons. The molecule has 1 aliphatic heterocycles. The van der Waals surface area contributed by atoms with E-state index < -0.39 is 11.9 Å². The van der Waals surface area contributed by atoms with E-state index in [-0.39, 0.29) is 27.8 Å². The zero-order valence-electron chi connectivity index (χ0n) is 14.5. The molecule has 0 aromatic heterocycles. The van der Waals surface area contributed by atoms with Crippen LogP contribution in [0.2, 0.25) is 5.02 Å². The number of hydrogen-bond donors (Lipinski definition) is 2. The number of imide groups is 1. The highest BCUT2D eigenvalue weighted by atomic mass is 35.5. The maximum absolute atomic E-state index is 12.8. The molecule has 3 amide bonds. The first-order valence-electron chi connectivity index (χ1n) is 7.87. The van der Waals surface area contributed by atoms with Gasteiger partial charge in [-0.3, -0.25) is 20.0 Å². The minimum Gasteiger partial charge on any atom is -0.503 e. The molecular weight excluding hydrogens is 350 g/mol. The minimum absolute atomic E-state index is 0.0255. The minimum atomic E-state index is -0.655. The van der Waals surface area contributed by atoms with Gasteiger partial charge in [0.25, 0.3) is 5.91 Å². The molecule has 2 N–H and O–H groups in total. The van der Waals surface area contributed by atoms with Crippen molar-refractivity contribution in [3.63, 3.8) is 0 Å². The van der Waals surface area contributed by atoms with Crippen molar-refractivity contribution in [3.05, 3.63) is 16.7 Å². The fourth-order valence-corrected chi connectivity index (χ4v) is 3.01. The summed E-state index contributed by atoms with van der Waals surface area (Å²) in [7, 11) is 4.06. The van der Waals surface area contributed by atoms with Crippen LogP contribution >= 0.6 is 11.6 Å². The lowest BCUT2D eigenvalue weighted by molar-refractivity contribution is 0.0786. The lowest BCUT2D eigenvalue weighted by Gasteiger charge is -2.30. The van der Waals surface area contributed by atoms with E-state index in [1.807, 2.05) is 0 Å². The Labute approximate surface area is 151 Å². The number of nitrogens with zero attached hydrogens (tertiary/aromatic N) is 2. The molecule has 1 aromatic rings. The van der Waals surface area contributed by atoms with Crippen molar-refractivity contribution < 1.29 is 24.3 Å². The molecule has 0 spiro atoms. The molecule has 2 rings (SSSR count). The van der Waals surface area contributed by atoms with E-state index in [0.717, 1.165) is 24.2 Å². The monoisotopic (exact) mass is 371 g/mol. The second-order valence-corrected chi connectivity index (χ2v) is 6.07. The number of phenolic OH excluding ortho intramolecular Hbond substituents is 1. The van der Waals surface area contributed by atoms with E-state index in [2.05, 4.69) is 5.48 Å². The lowest BCUT2D eigenvalue weighted by Crippen LogP contribution is -2.46. The number of aromatic hydroxyl groups is 1. The van der Waals surface area contributed by atoms with Gasteiger partial charge in [-0.1, -0.05) is 11.6 Å². The Morgan fingerprint density at radius 2 is 1.92 bits per heavy atom. The number of nitrogens with one attached hydrogen (secondary N) is 1. The molecule has 8 nitrogen and oxygen atoms in total. The Morgan fingerprint density at radius 3 is 2.48 bits per heavy atom. The van der Waals surface area contributed by atoms with Crippen molar-refractivity contribution in [2.24, 2.45) is 0 Å². The van der Waals surface area contributed by atoms with Gasteiger partial charge in [0.2, 0.25) is 0 Å². The van der Waals surface area contributed by atoms with Crippen LogP contribution in [0.5, 0.6) is 11.5 Å². The van der Waals surface area contributed by atoms with Crippen LogP contribution < -0.4 is 10.2 Å². The van der Waals surface area contributed by atoms with Crippen LogP contribution in [0, 0.1) is 0 Å². The molecule has 0 aliphatic carbocycles. The summed E-state index contributed by atoms with van der Waals surface area (Å²) < 4.78 is 5.02. The van der Waals surface area contributed by atoms with Crippen LogP contribution in [0.1, 0.15) is 29.6 Å². The van der Waals surface area contributed by atoms with Gasteiger partial charge in [0, 0.05) is 26.2 Å². The molecule has 25 heavy (non-hydrogen) atoms. The number of urea groups is 1. The number of hydrogen-bond acceptors (Lipinski definition) is 6. The smallest absolute Gasteiger partial charge is 0.326 e. The number of carbonyl (C=O) groups is 2. The Morgan fingerprint density at radius 1 is 1.28 bits per heavy atom. The highest BCUT2D eigenvalue weighted by Gasteiger charge is 2.30. The zero-order valence-corrected chi connectivity index (χ0v) is 15.2. The van der Waals surface area contributed by atoms with Gasteiger partial charge in [0.05, 0.1) is 24.8 Å². The first-order valence-corrected chi connectivity index (χ1v) is 8.25. The molecule has 9 heteroatoms. The molecule has 1 aliphatic rings. The lowest BCUT2D eigenvalue weighted by atomic mass is 10.1. The van der Waals surface area contributed by atoms with Gasteiger partial charge in [0.1, 0.15) is 5.69 Å². The first-order chi connectivity index (χ1) is 11.9. The van der Waals surface area contributed by atoms with Gasteiger partial charge in [-0.25, -0.2) is 4.79 Å². The van der Waals surface area contributed by atoms with Crippen LogP contribution in [0.3, 0.4) is 0 Å². The van der Waals surface area contributed by atoms with Crippen molar-refractivity contribution in [1.82, 2.24) is 9.80 Å². The number of rotatable bonds is 4. The number of ether oxygens (including phenoxy) is 1. The molecule has 1 saturated heterocycles. The number of methoxy groups -OCH3 is 1. The number of benzene rings is 1. The van der Waals surface area contributed by atoms with Crippen molar-refractivity contribution >= 4 is 29.2 Å². The summed E-state index contributed by atoms with van der Waals surface area (Å²) in [4.78, 5) is 32.8. The van der Waals surface area contributed by atoms with Crippen LogP contribution in [-0.4, -0.2) is 61.2 Å². The maximum atomic E-state index is 12.8. The summed E-state index contributed by atoms with van der Waals surface area (Å²) in [6, 6.07) is 0.906. The average Bonchev–Trinajstić information content (AvgIpc) is 2.63. The third kappa shape index (κ3) is 3.91. The number of phenols is 1. The van der Waals surface area contributed by atoms with Crippen LogP contribution in [0.15, 0.2) is 6.07 Å². The number of halogens is 1. The van der Waals surface area contributed by atoms with Crippen LogP contribution in [0.4, 0.5) is 10.5 Å². The molecule has 0 unspecified atom stereocenters. The number of amides is 3. The van der Waals surface area contributed by atoms with Crippen molar-refractivity contribution in [2.45, 2.75) is 19.3 Å². The highest BCUT2D eigenvalue weighted by molar-refractivity contribution is 6.35. The average molecular weight is 372 g/mol. The third-order valence-electron chi connectivity index (χ3n) is 4.07. The van der Waals surface area contributed by atoms with Gasteiger partial charge < -0.3 is 14.7 Å². The number of anilines is 1. The molecule has 0 atom stereocenters. The predicted molar refractivity (Wildman–Crippen MR) is 93.2 cm³/mol. The van der Waals surface area contributed by atoms with Crippen molar-refractivity contribution in [1.29, 1.82) is 0 Å². The first kappa shape index (κ1) is 19.1. The summed E-state index contributed by atoms with van der Waals surface area (Å²) in [5.74, 6) is -0.917. The fourth-order valence-electron chi connectivity index (χ4n) is 2.73. The number of piperidine rings is 1. The Balaban J connectivity index is 2.37. The quantitative estimate of drug-likeness (QED) is 0.624. The van der Waals surface area contributed by atoms with Crippen molar-refractivity contribution in [2.75, 3.05) is 39.8 Å². The summed E-state index contributed by atoms with van der Waals surface area (Å²) in [6.45, 7) is 1.22. The second kappa shape index (κ2) is 8.26. The molecule has 138 valence electrons. The maximum Gasteiger partial charge on any atom is 0.326 e. The van der Waals surface area contributed by atoms with Gasteiger partial charge in [-0.05, 0) is 19.3 Å². The van der Waals surface area contributed by atoms with Crippen molar-refractivity contribution in [3.8, 4) is 11.5 Å². The van der Waals surface area contributed by atoms with E-state index in [1.165, 1.54) is 27.3 Å². The summed E-state index contributed by atoms with van der Waals surface area (Å²) in [5.41, 5.74) is 2.29. The molecule has 1 heterocycles. The number of likely N-dealkylation sites (tertiary alicyclic amines) is 1. The Bertz CT molecular complexity index is 662. The van der Waals surface area contributed by atoms with Gasteiger partial charge >= 0.3 is 6.03 Å². The zero-order chi connectivity index (χ0) is 18.6. The fraction of sp³-hybridized carbons (Fsp3) is 0.500. The van der Waals surface area contributed by atoms with Gasteiger partial charge in [-0.2, -0.15) is 0 Å². The number of carbonyl (C=O) groups excluding carboxylic acids is 2. The Kier molecular flexibility index (Phi) is 6.33. The summed E-state index contributed by atoms with van der Waals surface area (Å²) in [6.07, 6.45) is 2.89. The third-order valence-corrected chi connectivity index (χ3v) is 4.37. The normalized spacial score (nSPS) is 14.2. The second-order valence-electron chi connectivity index (χ2n) is 5.66.